The zero-order valence-electron chi connectivity index (χ0n) is 12.3. The van der Waals surface area contributed by atoms with E-state index in [0.717, 1.165) is 38.1 Å². The first-order valence-corrected chi connectivity index (χ1v) is 7.42. The van der Waals surface area contributed by atoms with Crippen molar-refractivity contribution in [3.05, 3.63) is 29.8 Å². The van der Waals surface area contributed by atoms with E-state index in [0.29, 0.717) is 6.04 Å². The van der Waals surface area contributed by atoms with Gasteiger partial charge < -0.3 is 15.4 Å². The highest BCUT2D eigenvalue weighted by Crippen LogP contribution is 2.17. The van der Waals surface area contributed by atoms with E-state index in [2.05, 4.69) is 24.5 Å². The molecule has 1 atom stereocenters. The Morgan fingerprint density at radius 3 is 2.75 bits per heavy atom. The Balaban J connectivity index is 1.90. The predicted molar refractivity (Wildman–Crippen MR) is 79.7 cm³/mol. The summed E-state index contributed by atoms with van der Waals surface area (Å²) in [7, 11) is 0. The molecule has 1 unspecified atom stereocenters. The Morgan fingerprint density at radius 1 is 1.30 bits per heavy atom. The molecule has 0 radical (unpaired) electrons. The number of benzene rings is 1. The van der Waals surface area contributed by atoms with Crippen molar-refractivity contribution in [2.45, 2.75) is 51.8 Å². The van der Waals surface area contributed by atoms with Crippen LogP contribution in [0.15, 0.2) is 24.3 Å². The Hall–Kier alpha value is -1.55. The smallest absolute Gasteiger partial charge is 0.261 e. The van der Waals surface area contributed by atoms with Gasteiger partial charge in [0.05, 0.1) is 0 Å². The number of ether oxygens (including phenoxy) is 1. The van der Waals surface area contributed by atoms with Gasteiger partial charge in [-0.05, 0) is 37.0 Å². The van der Waals surface area contributed by atoms with Crippen LogP contribution in [0.4, 0.5) is 0 Å². The lowest BCUT2D eigenvalue weighted by molar-refractivity contribution is -0.127. The molecule has 4 nitrogen and oxygen atoms in total. The second kappa shape index (κ2) is 7.29. The number of amides is 1. The fourth-order valence-corrected chi connectivity index (χ4v) is 2.20. The van der Waals surface area contributed by atoms with Gasteiger partial charge in [-0.15, -0.1) is 0 Å². The molecule has 1 aromatic rings. The third-order valence-corrected chi connectivity index (χ3v) is 3.40. The normalized spacial score (nSPS) is 19.6. The zero-order valence-corrected chi connectivity index (χ0v) is 12.3. The first-order chi connectivity index (χ1) is 9.65. The van der Waals surface area contributed by atoms with Gasteiger partial charge in [-0.3, -0.25) is 4.79 Å². The molecule has 1 fully saturated rings. The number of hydrogen-bond acceptors (Lipinski definition) is 3. The molecule has 0 spiro atoms. The second-order valence-electron chi connectivity index (χ2n) is 5.57. The number of hydrogen-bond donors (Lipinski definition) is 2. The molecule has 4 heteroatoms. The standard InChI is InChI=1S/C16H24N2O2/c1-12(2)18-11-13-6-8-14(9-7-13)20-15-5-3-4-10-17-16(15)19/h6-9,12,15,18H,3-5,10-11H2,1-2H3,(H,17,19). The minimum atomic E-state index is -0.350. The summed E-state index contributed by atoms with van der Waals surface area (Å²) in [6, 6.07) is 8.43. The first kappa shape index (κ1) is 14.9. The van der Waals surface area contributed by atoms with E-state index in [9.17, 15) is 4.79 Å². The van der Waals surface area contributed by atoms with Crippen LogP contribution in [0.5, 0.6) is 5.75 Å². The Labute approximate surface area is 120 Å². The summed E-state index contributed by atoms with van der Waals surface area (Å²) in [5.41, 5.74) is 1.22. The van der Waals surface area contributed by atoms with Gasteiger partial charge in [0.2, 0.25) is 0 Å². The van der Waals surface area contributed by atoms with Crippen LogP contribution >= 0.6 is 0 Å². The predicted octanol–water partition coefficient (Wildman–Crippen LogP) is 2.23. The highest BCUT2D eigenvalue weighted by Gasteiger charge is 2.22. The minimum Gasteiger partial charge on any atom is -0.481 e. The maximum atomic E-state index is 11.8. The SMILES string of the molecule is CC(C)NCc1ccc(OC2CCCCNC2=O)cc1. The Kier molecular flexibility index (Phi) is 5.41. The van der Waals surface area contributed by atoms with Crippen molar-refractivity contribution < 1.29 is 9.53 Å². The third kappa shape index (κ3) is 4.53. The van der Waals surface area contributed by atoms with Gasteiger partial charge in [-0.25, -0.2) is 0 Å². The maximum absolute atomic E-state index is 11.8. The summed E-state index contributed by atoms with van der Waals surface area (Å²) in [4.78, 5) is 11.8. The second-order valence-corrected chi connectivity index (χ2v) is 5.57. The molecule has 20 heavy (non-hydrogen) atoms. The Morgan fingerprint density at radius 2 is 2.05 bits per heavy atom. The summed E-state index contributed by atoms with van der Waals surface area (Å²) in [5, 5.41) is 6.26. The van der Waals surface area contributed by atoms with Gasteiger partial charge in [-0.1, -0.05) is 26.0 Å². The lowest BCUT2D eigenvalue weighted by Crippen LogP contribution is -2.36. The topological polar surface area (TPSA) is 50.4 Å². The van der Waals surface area contributed by atoms with Crippen LogP contribution < -0.4 is 15.4 Å². The summed E-state index contributed by atoms with van der Waals surface area (Å²) >= 11 is 0. The van der Waals surface area contributed by atoms with Crippen LogP contribution in [-0.4, -0.2) is 24.6 Å². The first-order valence-electron chi connectivity index (χ1n) is 7.42. The molecular formula is C16H24N2O2. The third-order valence-electron chi connectivity index (χ3n) is 3.40. The van der Waals surface area contributed by atoms with E-state index in [-0.39, 0.29) is 12.0 Å². The van der Waals surface area contributed by atoms with Crippen LogP contribution in [0.25, 0.3) is 0 Å². The minimum absolute atomic E-state index is 0.00745. The lowest BCUT2D eigenvalue weighted by Gasteiger charge is -2.16. The molecule has 0 aliphatic carbocycles. The molecule has 0 saturated carbocycles. The van der Waals surface area contributed by atoms with Crippen molar-refractivity contribution in [3.63, 3.8) is 0 Å². The highest BCUT2D eigenvalue weighted by atomic mass is 16.5. The van der Waals surface area contributed by atoms with Gasteiger partial charge in [-0.2, -0.15) is 0 Å². The maximum Gasteiger partial charge on any atom is 0.261 e. The van der Waals surface area contributed by atoms with Gasteiger partial charge in [0.25, 0.3) is 5.91 Å². The summed E-state index contributed by atoms with van der Waals surface area (Å²) < 4.78 is 5.80. The van der Waals surface area contributed by atoms with Crippen molar-refractivity contribution in [2.24, 2.45) is 0 Å². The lowest BCUT2D eigenvalue weighted by atomic mass is 10.1. The van der Waals surface area contributed by atoms with E-state index in [1.807, 2.05) is 24.3 Å². The van der Waals surface area contributed by atoms with Crippen molar-refractivity contribution in [1.82, 2.24) is 10.6 Å². The van der Waals surface area contributed by atoms with Gasteiger partial charge >= 0.3 is 0 Å². The quantitative estimate of drug-likeness (QED) is 0.867. The van der Waals surface area contributed by atoms with E-state index in [1.165, 1.54) is 5.56 Å². The largest absolute Gasteiger partial charge is 0.481 e. The number of nitrogens with one attached hydrogen (secondary N) is 2. The molecule has 2 N–H and O–H groups in total. The van der Waals surface area contributed by atoms with Gasteiger partial charge in [0.15, 0.2) is 6.10 Å². The summed E-state index contributed by atoms with van der Waals surface area (Å²) in [6.45, 7) is 5.87. The fourth-order valence-electron chi connectivity index (χ4n) is 2.20. The molecule has 110 valence electrons. The van der Waals surface area contributed by atoms with E-state index < -0.39 is 0 Å². The molecule has 1 heterocycles. The zero-order chi connectivity index (χ0) is 14.4. The molecule has 1 aliphatic rings. The highest BCUT2D eigenvalue weighted by molar-refractivity contribution is 5.81. The van der Waals surface area contributed by atoms with Crippen LogP contribution in [0, 0.1) is 0 Å². The van der Waals surface area contributed by atoms with Crippen molar-refractivity contribution >= 4 is 5.91 Å². The summed E-state index contributed by atoms with van der Waals surface area (Å²) in [6.07, 6.45) is 2.50. The Bertz CT molecular complexity index is 429. The fraction of sp³-hybridized carbons (Fsp3) is 0.562. The summed E-state index contributed by atoms with van der Waals surface area (Å²) in [5.74, 6) is 0.772. The molecule has 1 aliphatic heterocycles. The van der Waals surface area contributed by atoms with Crippen molar-refractivity contribution in [1.29, 1.82) is 0 Å². The number of carbonyl (C=O) groups excluding carboxylic acids is 1. The van der Waals surface area contributed by atoms with Gasteiger partial charge in [0.1, 0.15) is 5.75 Å². The van der Waals surface area contributed by atoms with Crippen molar-refractivity contribution in [2.75, 3.05) is 6.54 Å². The van der Waals surface area contributed by atoms with E-state index >= 15 is 0 Å². The molecule has 0 bridgehead atoms. The number of carbonyl (C=O) groups is 1. The van der Waals surface area contributed by atoms with Crippen LogP contribution in [0.2, 0.25) is 0 Å². The molecule has 1 saturated heterocycles. The van der Waals surface area contributed by atoms with Crippen LogP contribution in [0.1, 0.15) is 38.7 Å². The van der Waals surface area contributed by atoms with Crippen molar-refractivity contribution in [3.8, 4) is 5.75 Å². The van der Waals surface area contributed by atoms with Crippen LogP contribution in [-0.2, 0) is 11.3 Å². The molecular weight excluding hydrogens is 252 g/mol. The van der Waals surface area contributed by atoms with E-state index in [1.54, 1.807) is 0 Å². The molecule has 0 aromatic heterocycles. The molecule has 2 rings (SSSR count). The average molecular weight is 276 g/mol. The van der Waals surface area contributed by atoms with Gasteiger partial charge in [0, 0.05) is 19.1 Å². The molecule has 1 amide bonds. The monoisotopic (exact) mass is 276 g/mol. The number of rotatable bonds is 5. The van der Waals surface area contributed by atoms with E-state index in [4.69, 9.17) is 4.74 Å². The van der Waals surface area contributed by atoms with Crippen LogP contribution in [0.3, 0.4) is 0 Å². The average Bonchev–Trinajstić information content (AvgIpc) is 2.63. The molecule has 1 aromatic carbocycles.